The zero-order valence-corrected chi connectivity index (χ0v) is 14.9. The van der Waals surface area contributed by atoms with Crippen LogP contribution in [0.15, 0.2) is 24.3 Å². The van der Waals surface area contributed by atoms with E-state index in [1.807, 2.05) is 31.2 Å². The predicted molar refractivity (Wildman–Crippen MR) is 91.0 cm³/mol. The minimum atomic E-state index is -4.45. The number of carbonyl (C=O) groups is 2. The van der Waals surface area contributed by atoms with Crippen molar-refractivity contribution < 1.29 is 29.0 Å². The molecule has 0 saturated carbocycles. The number of benzene rings is 1. The molecule has 1 unspecified atom stereocenters. The van der Waals surface area contributed by atoms with E-state index in [1.54, 1.807) is 0 Å². The fourth-order valence-corrected chi connectivity index (χ4v) is 3.63. The van der Waals surface area contributed by atoms with Crippen LogP contribution >= 0.6 is 7.60 Å². The monoisotopic (exact) mass is 370 g/mol. The number of urea groups is 1. The summed E-state index contributed by atoms with van der Waals surface area (Å²) in [5.41, 5.74) is 1.72. The summed E-state index contributed by atoms with van der Waals surface area (Å²) in [6.45, 7) is 2.18. The van der Waals surface area contributed by atoms with Crippen LogP contribution in [0.5, 0.6) is 0 Å². The second-order valence-electron chi connectivity index (χ2n) is 6.16. The molecule has 1 atom stereocenters. The number of carbonyl (C=O) groups excluding carboxylic acids is 1. The van der Waals surface area contributed by atoms with Crippen molar-refractivity contribution in [2.75, 3.05) is 12.8 Å². The Morgan fingerprint density at radius 3 is 2.48 bits per heavy atom. The van der Waals surface area contributed by atoms with Crippen molar-refractivity contribution >= 4 is 19.6 Å². The minimum absolute atomic E-state index is 0.107. The van der Waals surface area contributed by atoms with E-state index in [0.29, 0.717) is 6.42 Å². The topological polar surface area (TPSA) is 118 Å². The van der Waals surface area contributed by atoms with Crippen LogP contribution in [-0.4, -0.2) is 55.6 Å². The molecular weight excluding hydrogens is 347 g/mol. The maximum atomic E-state index is 12.9. The van der Waals surface area contributed by atoms with E-state index < -0.39 is 31.9 Å². The number of unbranched alkanes of at least 4 members (excludes halogenated alkanes) is 1. The van der Waals surface area contributed by atoms with Gasteiger partial charge in [-0.05, 0) is 17.5 Å². The number of nitrogens with zero attached hydrogens (tertiary/aromatic N) is 2. The van der Waals surface area contributed by atoms with Crippen molar-refractivity contribution in [2.24, 2.45) is 0 Å². The quantitative estimate of drug-likeness (QED) is 0.658. The number of fused-ring (bicyclic) bond motifs is 1. The normalized spacial score (nSPS) is 17.1. The molecule has 0 radical (unpaired) electrons. The first-order chi connectivity index (χ1) is 11.7. The first kappa shape index (κ1) is 19.4. The number of aliphatic carboxylic acids is 1. The fourth-order valence-electron chi connectivity index (χ4n) is 2.92. The van der Waals surface area contributed by atoms with Gasteiger partial charge >= 0.3 is 19.6 Å². The van der Waals surface area contributed by atoms with Crippen LogP contribution in [-0.2, 0) is 22.3 Å². The zero-order chi connectivity index (χ0) is 18.6. The molecule has 0 aromatic heterocycles. The lowest BCUT2D eigenvalue weighted by Gasteiger charge is -2.38. The molecule has 0 aliphatic carbocycles. The molecule has 0 saturated heterocycles. The standard InChI is InChI=1S/C16H23N2O6P/c1-2-3-8-17(11-25(22,23)24)16(21)18-10-13-7-5-4-6-12(13)9-14(18)15(19)20/h4-7,14H,2-3,8-11H2,1H3,(H,19,20)(H2,22,23,24). The third-order valence-corrected chi connectivity index (χ3v) is 4.90. The second kappa shape index (κ2) is 7.99. The molecule has 2 rings (SSSR count). The average molecular weight is 370 g/mol. The molecule has 138 valence electrons. The number of hydrogen-bond acceptors (Lipinski definition) is 3. The maximum Gasteiger partial charge on any atom is 0.344 e. The van der Waals surface area contributed by atoms with Gasteiger partial charge in [-0.25, -0.2) is 9.59 Å². The lowest BCUT2D eigenvalue weighted by Crippen LogP contribution is -2.53. The van der Waals surface area contributed by atoms with Crippen LogP contribution in [0.25, 0.3) is 0 Å². The third-order valence-electron chi connectivity index (χ3n) is 4.19. The van der Waals surface area contributed by atoms with E-state index in [-0.39, 0.29) is 19.5 Å². The maximum absolute atomic E-state index is 12.9. The van der Waals surface area contributed by atoms with Crippen molar-refractivity contribution in [2.45, 2.75) is 38.8 Å². The number of rotatable bonds is 6. The molecule has 1 heterocycles. The van der Waals surface area contributed by atoms with Crippen LogP contribution < -0.4 is 0 Å². The van der Waals surface area contributed by atoms with Crippen molar-refractivity contribution in [1.29, 1.82) is 0 Å². The molecule has 0 spiro atoms. The van der Waals surface area contributed by atoms with Gasteiger partial charge in [0.1, 0.15) is 12.3 Å². The smallest absolute Gasteiger partial charge is 0.344 e. The van der Waals surface area contributed by atoms with Gasteiger partial charge in [0.15, 0.2) is 0 Å². The summed E-state index contributed by atoms with van der Waals surface area (Å²) < 4.78 is 11.4. The van der Waals surface area contributed by atoms with E-state index in [0.717, 1.165) is 22.4 Å². The Hall–Kier alpha value is -1.89. The van der Waals surface area contributed by atoms with E-state index in [2.05, 4.69) is 0 Å². The molecule has 1 aliphatic heterocycles. The van der Waals surface area contributed by atoms with Crippen LogP contribution in [0.2, 0.25) is 0 Å². The van der Waals surface area contributed by atoms with Gasteiger partial charge in [0.25, 0.3) is 0 Å². The average Bonchev–Trinajstić information content (AvgIpc) is 2.55. The molecule has 0 fully saturated rings. The van der Waals surface area contributed by atoms with Gasteiger partial charge < -0.3 is 24.7 Å². The first-order valence-corrected chi connectivity index (χ1v) is 9.92. The van der Waals surface area contributed by atoms with Crippen molar-refractivity contribution in [3.8, 4) is 0 Å². The molecule has 0 bridgehead atoms. The van der Waals surface area contributed by atoms with Gasteiger partial charge in [0.05, 0.1) is 0 Å². The Bertz CT molecular complexity index is 689. The molecule has 1 aromatic rings. The summed E-state index contributed by atoms with van der Waals surface area (Å²) in [6, 6.07) is 5.58. The molecule has 25 heavy (non-hydrogen) atoms. The van der Waals surface area contributed by atoms with E-state index in [9.17, 15) is 29.0 Å². The molecule has 9 heteroatoms. The predicted octanol–water partition coefficient (Wildman–Crippen LogP) is 1.86. The summed E-state index contributed by atoms with van der Waals surface area (Å²) in [4.78, 5) is 45.2. The zero-order valence-electron chi connectivity index (χ0n) is 14.0. The minimum Gasteiger partial charge on any atom is -0.480 e. The van der Waals surface area contributed by atoms with Gasteiger partial charge in [-0.1, -0.05) is 37.6 Å². The van der Waals surface area contributed by atoms with Gasteiger partial charge in [-0.2, -0.15) is 0 Å². The third kappa shape index (κ3) is 5.04. The molecule has 8 nitrogen and oxygen atoms in total. The second-order valence-corrected chi connectivity index (χ2v) is 7.77. The fraction of sp³-hybridized carbons (Fsp3) is 0.500. The highest BCUT2D eigenvalue weighted by atomic mass is 31.2. The lowest BCUT2D eigenvalue weighted by atomic mass is 9.94. The van der Waals surface area contributed by atoms with Crippen LogP contribution in [0.3, 0.4) is 0 Å². The van der Waals surface area contributed by atoms with Gasteiger partial charge in [-0.3, -0.25) is 4.57 Å². The van der Waals surface area contributed by atoms with E-state index >= 15 is 0 Å². The Morgan fingerprint density at radius 2 is 1.92 bits per heavy atom. The largest absolute Gasteiger partial charge is 0.480 e. The molecule has 1 aliphatic rings. The highest BCUT2D eigenvalue weighted by Gasteiger charge is 2.37. The lowest BCUT2D eigenvalue weighted by molar-refractivity contribution is -0.142. The summed E-state index contributed by atoms with van der Waals surface area (Å²) in [7, 11) is -4.45. The van der Waals surface area contributed by atoms with E-state index in [4.69, 9.17) is 0 Å². The molecule has 1 aromatic carbocycles. The summed E-state index contributed by atoms with van der Waals surface area (Å²) in [5.74, 6) is -1.13. The van der Waals surface area contributed by atoms with Gasteiger partial charge in [0.2, 0.25) is 0 Å². The number of carboxylic acids is 1. The Balaban J connectivity index is 2.29. The van der Waals surface area contributed by atoms with Crippen LogP contribution in [0, 0.1) is 0 Å². The SMILES string of the molecule is CCCCN(CP(=O)(O)O)C(=O)N1Cc2ccccc2CC1C(=O)O. The number of hydrogen-bond donors (Lipinski definition) is 3. The highest BCUT2D eigenvalue weighted by molar-refractivity contribution is 7.51. The Labute approximate surface area is 146 Å². The Kier molecular flexibility index (Phi) is 6.21. The molecule has 3 N–H and O–H groups in total. The number of carboxylic acid groups (broad SMARTS) is 1. The summed E-state index contributed by atoms with van der Waals surface area (Å²) >= 11 is 0. The number of amides is 2. The van der Waals surface area contributed by atoms with Crippen LogP contribution in [0.1, 0.15) is 30.9 Å². The van der Waals surface area contributed by atoms with E-state index in [1.165, 1.54) is 4.90 Å². The summed E-state index contributed by atoms with van der Waals surface area (Å²) in [6.07, 6.45) is 0.787. The molecular formula is C16H23N2O6P. The Morgan fingerprint density at radius 1 is 1.28 bits per heavy atom. The van der Waals surface area contributed by atoms with Gasteiger partial charge in [-0.15, -0.1) is 0 Å². The summed E-state index contributed by atoms with van der Waals surface area (Å²) in [5, 5.41) is 9.51. The highest BCUT2D eigenvalue weighted by Crippen LogP contribution is 2.36. The molecule has 2 amide bonds. The first-order valence-electron chi connectivity index (χ1n) is 8.12. The van der Waals surface area contributed by atoms with Crippen molar-refractivity contribution in [3.63, 3.8) is 0 Å². The van der Waals surface area contributed by atoms with Crippen LogP contribution in [0.4, 0.5) is 4.79 Å². The van der Waals surface area contributed by atoms with Crippen molar-refractivity contribution in [1.82, 2.24) is 9.80 Å². The van der Waals surface area contributed by atoms with Gasteiger partial charge in [0, 0.05) is 19.5 Å². The van der Waals surface area contributed by atoms with Crippen molar-refractivity contribution in [3.05, 3.63) is 35.4 Å².